The molecule has 0 unspecified atom stereocenters. The van der Waals surface area contributed by atoms with Crippen LogP contribution in [0.3, 0.4) is 0 Å². The van der Waals surface area contributed by atoms with Gasteiger partial charge in [-0.2, -0.15) is 8.78 Å². The topological polar surface area (TPSA) is 99.2 Å². The number of aromatic hydroxyl groups is 1. The Bertz CT molecular complexity index is 800. The van der Waals surface area contributed by atoms with Gasteiger partial charge in [0, 0.05) is 26.2 Å². The van der Waals surface area contributed by atoms with Gasteiger partial charge >= 0.3 is 18.0 Å². The molecule has 0 spiro atoms. The molecule has 0 aliphatic carbocycles. The number of para-hydroxylation sites is 1. The summed E-state index contributed by atoms with van der Waals surface area (Å²) in [5.74, 6) is -2.68. The Morgan fingerprint density at radius 1 is 1.10 bits per heavy atom. The molecular formula is C19H25F2N3O5. The third-order valence-electron chi connectivity index (χ3n) is 4.27. The Balaban J connectivity index is 2.03. The van der Waals surface area contributed by atoms with Crippen LogP contribution < -0.4 is 5.32 Å². The van der Waals surface area contributed by atoms with Gasteiger partial charge in [0.15, 0.2) is 5.78 Å². The first kappa shape index (κ1) is 22.5. The summed E-state index contributed by atoms with van der Waals surface area (Å²) in [6, 6.07) is 0.0278. The van der Waals surface area contributed by atoms with Crippen LogP contribution in [0, 0.1) is 0 Å². The van der Waals surface area contributed by atoms with Crippen molar-refractivity contribution in [3.8, 4) is 5.75 Å². The largest absolute Gasteiger partial charge is 0.505 e. The molecule has 0 saturated carbocycles. The van der Waals surface area contributed by atoms with E-state index >= 15 is 0 Å². The van der Waals surface area contributed by atoms with E-state index in [9.17, 15) is 28.3 Å². The van der Waals surface area contributed by atoms with Gasteiger partial charge in [0.1, 0.15) is 11.4 Å². The molecule has 0 atom stereocenters. The highest BCUT2D eigenvalue weighted by Crippen LogP contribution is 2.30. The number of nitrogens with zero attached hydrogens (tertiary/aromatic N) is 2. The van der Waals surface area contributed by atoms with E-state index in [-0.39, 0.29) is 37.4 Å². The molecule has 2 N–H and O–H groups in total. The highest BCUT2D eigenvalue weighted by molar-refractivity contribution is 6.02. The zero-order valence-electron chi connectivity index (χ0n) is 16.8. The van der Waals surface area contributed by atoms with Crippen LogP contribution in [-0.2, 0) is 9.53 Å². The maximum atomic E-state index is 14.6. The fourth-order valence-corrected chi connectivity index (χ4v) is 2.77. The maximum absolute atomic E-state index is 14.6. The first-order valence-electron chi connectivity index (χ1n) is 9.08. The molecule has 1 aromatic rings. The van der Waals surface area contributed by atoms with E-state index in [1.54, 1.807) is 20.8 Å². The second-order valence-electron chi connectivity index (χ2n) is 7.71. The zero-order valence-corrected chi connectivity index (χ0v) is 16.8. The minimum Gasteiger partial charge on any atom is -0.505 e. The molecule has 1 saturated heterocycles. The highest BCUT2D eigenvalue weighted by atomic mass is 19.3. The number of ether oxygens (including phenoxy) is 1. The van der Waals surface area contributed by atoms with Gasteiger partial charge in [-0.1, -0.05) is 6.07 Å². The lowest BCUT2D eigenvalue weighted by Gasteiger charge is -2.38. The zero-order chi connectivity index (χ0) is 22.0. The third kappa shape index (κ3) is 5.41. The quantitative estimate of drug-likeness (QED) is 0.447. The van der Waals surface area contributed by atoms with Crippen LogP contribution >= 0.6 is 0 Å². The highest BCUT2D eigenvalue weighted by Gasteiger charge is 2.47. The molecule has 1 fully saturated rings. The average molecular weight is 413 g/mol. The fourth-order valence-electron chi connectivity index (χ4n) is 2.77. The number of phenolic OH excluding ortho intramolecular Hbond substituents is 1. The van der Waals surface area contributed by atoms with E-state index in [0.717, 1.165) is 0 Å². The number of phenols is 1. The molecule has 1 aliphatic heterocycles. The lowest BCUT2D eigenvalue weighted by atomic mass is 10.1. The summed E-state index contributed by atoms with van der Waals surface area (Å²) < 4.78 is 34.4. The number of Topliss-reactive ketones (excluding diaryl/α,β-unsaturated/α-hetero) is 1. The predicted octanol–water partition coefficient (Wildman–Crippen LogP) is 2.68. The van der Waals surface area contributed by atoms with Crippen LogP contribution in [0.1, 0.15) is 38.1 Å². The number of carbonyl (C=O) groups is 3. The SMILES string of the molecule is CC(=O)c1cccc(NC(=O)C(F)(F)N2CCN(C(=O)OC(C)(C)C)CC2)c1O. The molecule has 0 radical (unpaired) electrons. The standard InChI is InChI=1S/C19H25F2N3O5/c1-12(25)13-6-5-7-14(15(13)26)22-16(27)19(20,21)24-10-8-23(9-11-24)17(28)29-18(2,3)4/h5-7,26H,8-11H2,1-4H3,(H,22,27). The van der Waals surface area contributed by atoms with Crippen molar-refractivity contribution < 1.29 is 33.0 Å². The number of anilines is 1. The lowest BCUT2D eigenvalue weighted by Crippen LogP contribution is -2.59. The van der Waals surface area contributed by atoms with Gasteiger partial charge in [-0.15, -0.1) is 0 Å². The smallest absolute Gasteiger partial charge is 0.410 e. The number of halogens is 2. The van der Waals surface area contributed by atoms with E-state index in [1.165, 1.54) is 30.0 Å². The summed E-state index contributed by atoms with van der Waals surface area (Å²) in [6.07, 6.45) is -0.601. The lowest BCUT2D eigenvalue weighted by molar-refractivity contribution is -0.177. The number of ketones is 1. The number of carbonyl (C=O) groups excluding carboxylic acids is 3. The molecule has 2 amide bonds. The van der Waals surface area contributed by atoms with Crippen molar-refractivity contribution in [3.05, 3.63) is 23.8 Å². The summed E-state index contributed by atoms with van der Waals surface area (Å²) in [5.41, 5.74) is -1.07. The normalized spacial score (nSPS) is 15.7. The van der Waals surface area contributed by atoms with Gasteiger partial charge in [0.2, 0.25) is 0 Å². The van der Waals surface area contributed by atoms with Gasteiger partial charge in [-0.05, 0) is 39.8 Å². The number of nitrogens with one attached hydrogen (secondary N) is 1. The van der Waals surface area contributed by atoms with E-state index in [0.29, 0.717) is 4.90 Å². The molecule has 1 aliphatic rings. The Hall–Kier alpha value is -2.75. The molecular weight excluding hydrogens is 388 g/mol. The summed E-state index contributed by atoms with van der Waals surface area (Å²) >= 11 is 0. The van der Waals surface area contributed by atoms with Gasteiger partial charge in [0.25, 0.3) is 0 Å². The second-order valence-corrected chi connectivity index (χ2v) is 7.71. The number of hydrogen-bond acceptors (Lipinski definition) is 6. The van der Waals surface area contributed by atoms with Crippen molar-refractivity contribution >= 4 is 23.5 Å². The molecule has 1 heterocycles. The molecule has 29 heavy (non-hydrogen) atoms. The number of rotatable bonds is 4. The summed E-state index contributed by atoms with van der Waals surface area (Å²) in [6.45, 7) is 5.80. The van der Waals surface area contributed by atoms with Crippen molar-refractivity contribution in [3.63, 3.8) is 0 Å². The van der Waals surface area contributed by atoms with Gasteiger partial charge in [-0.3, -0.25) is 9.59 Å². The van der Waals surface area contributed by atoms with Crippen molar-refractivity contribution in [1.29, 1.82) is 0 Å². The second kappa shape index (κ2) is 8.32. The number of piperazine rings is 1. The minimum absolute atomic E-state index is 0.0249. The summed E-state index contributed by atoms with van der Waals surface area (Å²) in [7, 11) is 0. The van der Waals surface area contributed by atoms with Crippen LogP contribution in [0.2, 0.25) is 0 Å². The van der Waals surface area contributed by atoms with E-state index in [2.05, 4.69) is 0 Å². The fraction of sp³-hybridized carbons (Fsp3) is 0.526. The van der Waals surface area contributed by atoms with Crippen molar-refractivity contribution in [2.24, 2.45) is 0 Å². The molecule has 2 rings (SSSR count). The number of alkyl halides is 2. The first-order valence-corrected chi connectivity index (χ1v) is 9.08. The minimum atomic E-state index is -3.88. The van der Waals surface area contributed by atoms with Crippen molar-refractivity contribution in [2.45, 2.75) is 39.3 Å². The Morgan fingerprint density at radius 2 is 1.69 bits per heavy atom. The molecule has 0 aromatic heterocycles. The van der Waals surface area contributed by atoms with E-state index in [1.807, 2.05) is 5.32 Å². The van der Waals surface area contributed by atoms with Gasteiger partial charge < -0.3 is 20.1 Å². The van der Waals surface area contributed by atoms with Crippen molar-refractivity contribution in [2.75, 3.05) is 31.5 Å². The van der Waals surface area contributed by atoms with E-state index in [4.69, 9.17) is 4.74 Å². The van der Waals surface area contributed by atoms with Crippen LogP contribution in [0.5, 0.6) is 5.75 Å². The molecule has 0 bridgehead atoms. The molecule has 1 aromatic carbocycles. The number of benzene rings is 1. The predicted molar refractivity (Wildman–Crippen MR) is 101 cm³/mol. The maximum Gasteiger partial charge on any atom is 0.410 e. The Morgan fingerprint density at radius 3 is 2.21 bits per heavy atom. The Kier molecular flexibility index (Phi) is 6.46. The third-order valence-corrected chi connectivity index (χ3v) is 4.27. The summed E-state index contributed by atoms with van der Waals surface area (Å²) in [5, 5.41) is 12.0. The Labute approximate surface area is 167 Å². The van der Waals surface area contributed by atoms with Gasteiger partial charge in [0.05, 0.1) is 11.3 Å². The molecule has 8 nitrogen and oxygen atoms in total. The molecule has 10 heteroatoms. The van der Waals surface area contributed by atoms with E-state index < -0.39 is 35.2 Å². The summed E-state index contributed by atoms with van der Waals surface area (Å²) in [4.78, 5) is 37.6. The van der Waals surface area contributed by atoms with Gasteiger partial charge in [-0.25, -0.2) is 9.69 Å². The number of hydrogen-bond donors (Lipinski definition) is 2. The monoisotopic (exact) mass is 413 g/mol. The van der Waals surface area contributed by atoms with Crippen LogP contribution in [0.25, 0.3) is 0 Å². The van der Waals surface area contributed by atoms with Crippen molar-refractivity contribution in [1.82, 2.24) is 9.80 Å². The van der Waals surface area contributed by atoms with Crippen LogP contribution in [-0.4, -0.2) is 70.5 Å². The number of amides is 2. The van der Waals surface area contributed by atoms with Crippen LogP contribution in [0.15, 0.2) is 18.2 Å². The average Bonchev–Trinajstić information content (AvgIpc) is 2.61. The van der Waals surface area contributed by atoms with Crippen LogP contribution in [0.4, 0.5) is 19.3 Å². The molecule has 160 valence electrons. The first-order chi connectivity index (χ1) is 13.3.